The molecule has 1 aliphatic rings. The molecule has 0 radical (unpaired) electrons. The molecule has 0 spiro atoms. The molecule has 1 aromatic rings. The van der Waals surface area contributed by atoms with Crippen molar-refractivity contribution in [2.75, 3.05) is 13.1 Å². The van der Waals surface area contributed by atoms with E-state index in [1.54, 1.807) is 0 Å². The minimum absolute atomic E-state index is 0.0868. The number of aliphatic hydroxyl groups is 1. The van der Waals surface area contributed by atoms with Crippen LogP contribution in [0.25, 0.3) is 0 Å². The van der Waals surface area contributed by atoms with Crippen molar-refractivity contribution in [3.05, 3.63) is 35.9 Å². The Morgan fingerprint density at radius 1 is 1.17 bits per heavy atom. The maximum Gasteiger partial charge on any atom is 0.309 e. The lowest BCUT2D eigenvalue weighted by molar-refractivity contribution is -0.162. The van der Waals surface area contributed by atoms with Crippen LogP contribution in [0.4, 0.5) is 0 Å². The number of benzene rings is 1. The molecule has 1 aromatic carbocycles. The third-order valence-corrected chi connectivity index (χ3v) is 3.93. The summed E-state index contributed by atoms with van der Waals surface area (Å²) in [6.45, 7) is 12.0. The molecule has 136 valence electrons. The van der Waals surface area contributed by atoms with Crippen molar-refractivity contribution in [1.29, 1.82) is 0 Å². The summed E-state index contributed by atoms with van der Waals surface area (Å²) in [5, 5.41) is 10.6. The predicted molar refractivity (Wildman–Crippen MR) is 97.7 cm³/mol. The first-order valence-corrected chi connectivity index (χ1v) is 8.96. The van der Waals surface area contributed by atoms with E-state index >= 15 is 0 Å². The molecular weight excluding hydrogens is 302 g/mol. The average Bonchev–Trinajstić information content (AvgIpc) is 2.51. The minimum Gasteiger partial charge on any atom is -0.460 e. The minimum atomic E-state index is -0.921. The van der Waals surface area contributed by atoms with Crippen LogP contribution in [0, 0.1) is 0 Å². The smallest absolute Gasteiger partial charge is 0.309 e. The van der Waals surface area contributed by atoms with Gasteiger partial charge in [-0.25, -0.2) is 0 Å². The summed E-state index contributed by atoms with van der Waals surface area (Å²) in [5.41, 5.74) is -0.142. The molecular formula is C20H33NO3. The summed E-state index contributed by atoms with van der Waals surface area (Å²) >= 11 is 0. The Bertz CT molecular complexity index is 485. The molecule has 0 unspecified atom stereocenters. The lowest BCUT2D eigenvalue weighted by atomic mass is 9.88. The van der Waals surface area contributed by atoms with Crippen molar-refractivity contribution < 1.29 is 14.6 Å². The van der Waals surface area contributed by atoms with E-state index in [1.165, 1.54) is 5.56 Å². The highest BCUT2D eigenvalue weighted by Crippen LogP contribution is 2.27. The fourth-order valence-corrected chi connectivity index (χ4v) is 2.79. The second-order valence-corrected chi connectivity index (χ2v) is 7.25. The van der Waals surface area contributed by atoms with Crippen LogP contribution in [-0.4, -0.2) is 40.3 Å². The number of rotatable bonds is 4. The van der Waals surface area contributed by atoms with Crippen molar-refractivity contribution in [3.8, 4) is 0 Å². The lowest BCUT2D eigenvalue weighted by Gasteiger charge is -2.38. The average molecular weight is 335 g/mol. The number of carbonyl (C=O) groups excluding carboxylic acids is 1. The van der Waals surface area contributed by atoms with Crippen LogP contribution in [0.15, 0.2) is 30.3 Å². The molecule has 0 aliphatic carbocycles. The Hall–Kier alpha value is -1.39. The van der Waals surface area contributed by atoms with Crippen molar-refractivity contribution in [2.45, 2.75) is 71.6 Å². The van der Waals surface area contributed by atoms with Gasteiger partial charge >= 0.3 is 5.97 Å². The summed E-state index contributed by atoms with van der Waals surface area (Å²) in [6, 6.07) is 10.3. The van der Waals surface area contributed by atoms with E-state index in [9.17, 15) is 9.90 Å². The Morgan fingerprint density at radius 3 is 2.21 bits per heavy atom. The van der Waals surface area contributed by atoms with E-state index < -0.39 is 11.2 Å². The number of hydrogen-bond donors (Lipinski definition) is 1. The van der Waals surface area contributed by atoms with E-state index in [0.717, 1.165) is 19.6 Å². The number of carbonyl (C=O) groups is 1. The summed E-state index contributed by atoms with van der Waals surface area (Å²) in [5.74, 6) is -0.313. The number of nitrogens with zero attached hydrogens (tertiary/aromatic N) is 1. The molecule has 0 bridgehead atoms. The molecule has 0 atom stereocenters. The van der Waals surface area contributed by atoms with Crippen LogP contribution < -0.4 is 0 Å². The maximum absolute atomic E-state index is 11.9. The van der Waals surface area contributed by atoms with Crippen LogP contribution >= 0.6 is 0 Å². The normalized spacial score (nSPS) is 17.6. The highest BCUT2D eigenvalue weighted by Gasteiger charge is 2.35. The number of esters is 1. The third-order valence-electron chi connectivity index (χ3n) is 3.93. The van der Waals surface area contributed by atoms with Gasteiger partial charge in [0.15, 0.2) is 0 Å². The van der Waals surface area contributed by atoms with Crippen molar-refractivity contribution in [3.63, 3.8) is 0 Å². The molecule has 1 heterocycles. The van der Waals surface area contributed by atoms with Gasteiger partial charge in [0.1, 0.15) is 5.60 Å². The second kappa shape index (κ2) is 9.19. The Morgan fingerprint density at radius 2 is 1.71 bits per heavy atom. The maximum atomic E-state index is 11.9. The zero-order chi connectivity index (χ0) is 18.2. The molecule has 2 rings (SSSR count). The van der Waals surface area contributed by atoms with Gasteiger partial charge in [-0.15, -0.1) is 0 Å². The van der Waals surface area contributed by atoms with Gasteiger partial charge in [-0.2, -0.15) is 0 Å². The summed E-state index contributed by atoms with van der Waals surface area (Å²) < 4.78 is 5.32. The molecule has 0 saturated carbocycles. The van der Waals surface area contributed by atoms with Crippen LogP contribution in [0.5, 0.6) is 0 Å². The predicted octanol–water partition coefficient (Wildman–Crippen LogP) is 3.77. The van der Waals surface area contributed by atoms with Gasteiger partial charge in [0.2, 0.25) is 0 Å². The van der Waals surface area contributed by atoms with Gasteiger partial charge in [-0.3, -0.25) is 9.69 Å². The second-order valence-electron chi connectivity index (χ2n) is 7.25. The van der Waals surface area contributed by atoms with Crippen LogP contribution in [0.3, 0.4) is 0 Å². The standard InChI is InChI=1S/C18H27NO3.C2H6/c1-17(2,3)22-16(20)13-18(21)9-11-19(12-10-18)14-15-7-5-4-6-8-15;1-2/h4-8,21H,9-14H2,1-3H3;1-2H3. The van der Waals surface area contributed by atoms with E-state index in [-0.39, 0.29) is 12.4 Å². The Balaban J connectivity index is 0.00000139. The van der Waals surface area contributed by atoms with Gasteiger partial charge < -0.3 is 9.84 Å². The van der Waals surface area contributed by atoms with Crippen LogP contribution in [0.2, 0.25) is 0 Å². The van der Waals surface area contributed by atoms with Crippen molar-refractivity contribution >= 4 is 5.97 Å². The summed E-state index contributed by atoms with van der Waals surface area (Å²) in [4.78, 5) is 14.2. The van der Waals surface area contributed by atoms with Gasteiger partial charge in [-0.1, -0.05) is 44.2 Å². The van der Waals surface area contributed by atoms with Crippen LogP contribution in [0.1, 0.15) is 59.4 Å². The fourth-order valence-electron chi connectivity index (χ4n) is 2.79. The van der Waals surface area contributed by atoms with Crippen molar-refractivity contribution in [2.24, 2.45) is 0 Å². The molecule has 1 fully saturated rings. The Kier molecular flexibility index (Phi) is 7.91. The molecule has 0 aromatic heterocycles. The lowest BCUT2D eigenvalue weighted by Crippen LogP contribution is -2.45. The number of hydrogen-bond acceptors (Lipinski definition) is 4. The first-order valence-electron chi connectivity index (χ1n) is 8.96. The third kappa shape index (κ3) is 7.45. The number of piperidine rings is 1. The van der Waals surface area contributed by atoms with Crippen LogP contribution in [-0.2, 0) is 16.1 Å². The van der Waals surface area contributed by atoms with Crippen molar-refractivity contribution in [1.82, 2.24) is 4.90 Å². The molecule has 4 nitrogen and oxygen atoms in total. The van der Waals surface area contributed by atoms with Gasteiger partial charge in [0.25, 0.3) is 0 Å². The molecule has 1 aliphatic heterocycles. The molecule has 4 heteroatoms. The summed E-state index contributed by atoms with van der Waals surface area (Å²) in [6.07, 6.45) is 1.31. The molecule has 0 amide bonds. The first-order chi connectivity index (χ1) is 11.3. The van der Waals surface area contributed by atoms with E-state index in [4.69, 9.17) is 4.74 Å². The van der Waals surface area contributed by atoms with Gasteiger partial charge in [0.05, 0.1) is 12.0 Å². The summed E-state index contributed by atoms with van der Waals surface area (Å²) in [7, 11) is 0. The fraction of sp³-hybridized carbons (Fsp3) is 0.650. The molecule has 24 heavy (non-hydrogen) atoms. The first kappa shape index (κ1) is 20.7. The highest BCUT2D eigenvalue weighted by atomic mass is 16.6. The van der Waals surface area contributed by atoms with E-state index in [0.29, 0.717) is 12.8 Å². The van der Waals surface area contributed by atoms with E-state index in [2.05, 4.69) is 17.0 Å². The SMILES string of the molecule is CC.CC(C)(C)OC(=O)CC1(O)CCN(Cc2ccccc2)CC1. The van der Waals surface area contributed by atoms with Gasteiger partial charge in [0, 0.05) is 19.6 Å². The zero-order valence-corrected chi connectivity index (χ0v) is 15.8. The van der Waals surface area contributed by atoms with E-state index in [1.807, 2.05) is 52.8 Å². The molecule has 1 saturated heterocycles. The highest BCUT2D eigenvalue weighted by molar-refractivity contribution is 5.71. The number of likely N-dealkylation sites (tertiary alicyclic amines) is 1. The zero-order valence-electron chi connectivity index (χ0n) is 15.8. The largest absolute Gasteiger partial charge is 0.460 e. The Labute approximate surface area is 146 Å². The number of ether oxygens (including phenoxy) is 1. The van der Waals surface area contributed by atoms with Gasteiger partial charge in [-0.05, 0) is 39.2 Å². The monoisotopic (exact) mass is 335 g/mol. The quantitative estimate of drug-likeness (QED) is 0.851. The topological polar surface area (TPSA) is 49.8 Å². The molecule has 1 N–H and O–H groups in total.